The summed E-state index contributed by atoms with van der Waals surface area (Å²) in [6.07, 6.45) is -4.02. The van der Waals surface area contributed by atoms with Gasteiger partial charge in [-0.1, -0.05) is 36.4 Å². The zero-order valence-corrected chi connectivity index (χ0v) is 16.0. The Kier molecular flexibility index (Phi) is 4.93. The Balaban J connectivity index is 1.73. The van der Waals surface area contributed by atoms with Gasteiger partial charge in [-0.2, -0.15) is 0 Å². The van der Waals surface area contributed by atoms with Crippen LogP contribution in [-0.4, -0.2) is 22.1 Å². The number of Topliss-reactive ketones (excluding diaryl/α,β-unsaturated/α-hetero) is 1. The lowest BCUT2D eigenvalue weighted by molar-refractivity contribution is -0.274. The topological polar surface area (TPSA) is 78.1 Å². The summed E-state index contributed by atoms with van der Waals surface area (Å²) in [5.41, 5.74) is 9.61. The van der Waals surface area contributed by atoms with Crippen molar-refractivity contribution in [2.75, 3.05) is 5.73 Å². The van der Waals surface area contributed by atoms with Crippen molar-refractivity contribution in [2.24, 2.45) is 0 Å². The van der Waals surface area contributed by atoms with Gasteiger partial charge in [0, 0.05) is 6.42 Å². The van der Waals surface area contributed by atoms with E-state index in [0.717, 1.165) is 11.1 Å². The van der Waals surface area contributed by atoms with E-state index in [1.165, 1.54) is 18.2 Å². The van der Waals surface area contributed by atoms with Crippen LogP contribution >= 0.6 is 0 Å². The van der Waals surface area contributed by atoms with Crippen LogP contribution in [0.25, 0.3) is 11.1 Å². The number of halogens is 3. The lowest BCUT2D eigenvalue weighted by Gasteiger charge is -2.26. The molecule has 5 nitrogen and oxygen atoms in total. The predicted molar refractivity (Wildman–Crippen MR) is 105 cm³/mol. The standard InChI is InChI=1S/C22H18F3N3O2/c1-12-20-18(28-21(26)27-12)10-14(11-19(20)29)17-8-3-2-7-16(17)13-5-4-6-15(9-13)30-22(23,24)25/h2-9,14H,10-11H2,1H3,(H2,26,27,28). The Morgan fingerprint density at radius 1 is 1.07 bits per heavy atom. The molecular formula is C22H18F3N3O2. The second-order valence-corrected chi connectivity index (χ2v) is 7.18. The number of nitrogens with zero attached hydrogens (tertiary/aromatic N) is 2. The molecule has 0 fully saturated rings. The van der Waals surface area contributed by atoms with Gasteiger partial charge >= 0.3 is 6.36 Å². The Morgan fingerprint density at radius 3 is 2.60 bits per heavy atom. The van der Waals surface area contributed by atoms with Crippen LogP contribution in [-0.2, 0) is 6.42 Å². The zero-order valence-electron chi connectivity index (χ0n) is 16.0. The maximum Gasteiger partial charge on any atom is 0.573 e. The van der Waals surface area contributed by atoms with Crippen molar-refractivity contribution in [3.8, 4) is 16.9 Å². The quantitative estimate of drug-likeness (QED) is 0.664. The van der Waals surface area contributed by atoms with Gasteiger partial charge in [-0.05, 0) is 48.1 Å². The van der Waals surface area contributed by atoms with E-state index in [9.17, 15) is 18.0 Å². The number of hydrogen-bond acceptors (Lipinski definition) is 5. The second-order valence-electron chi connectivity index (χ2n) is 7.18. The van der Waals surface area contributed by atoms with Gasteiger partial charge in [-0.25, -0.2) is 9.97 Å². The Hall–Kier alpha value is -3.42. The third kappa shape index (κ3) is 3.98. The molecule has 154 valence electrons. The number of ether oxygens (including phenoxy) is 1. The lowest BCUT2D eigenvalue weighted by atomic mass is 9.78. The number of rotatable bonds is 3. The molecule has 0 amide bonds. The van der Waals surface area contributed by atoms with Gasteiger partial charge in [0.25, 0.3) is 0 Å². The molecule has 1 heterocycles. The van der Waals surface area contributed by atoms with Gasteiger partial charge in [0.1, 0.15) is 5.75 Å². The van der Waals surface area contributed by atoms with Crippen LogP contribution in [0.1, 0.15) is 39.6 Å². The molecule has 3 aromatic rings. The van der Waals surface area contributed by atoms with Crippen LogP contribution in [0.4, 0.5) is 19.1 Å². The second kappa shape index (κ2) is 7.44. The number of aryl methyl sites for hydroxylation is 1. The minimum atomic E-state index is -4.77. The Labute approximate surface area is 170 Å². The van der Waals surface area contributed by atoms with Crippen LogP contribution in [0.2, 0.25) is 0 Å². The summed E-state index contributed by atoms with van der Waals surface area (Å²) < 4.78 is 41.9. The van der Waals surface area contributed by atoms with Crippen molar-refractivity contribution in [3.63, 3.8) is 0 Å². The minimum absolute atomic E-state index is 0.0669. The third-order valence-corrected chi connectivity index (χ3v) is 5.11. The Bertz CT molecular complexity index is 1130. The molecule has 1 unspecified atom stereocenters. The van der Waals surface area contributed by atoms with E-state index in [-0.39, 0.29) is 29.8 Å². The van der Waals surface area contributed by atoms with E-state index in [1.54, 1.807) is 19.1 Å². The number of alkyl halides is 3. The van der Waals surface area contributed by atoms with E-state index in [4.69, 9.17) is 5.73 Å². The van der Waals surface area contributed by atoms with Crippen molar-refractivity contribution >= 4 is 11.7 Å². The molecule has 0 bridgehead atoms. The van der Waals surface area contributed by atoms with Gasteiger partial charge in [0.2, 0.25) is 5.95 Å². The maximum atomic E-state index is 12.8. The number of aromatic nitrogens is 2. The van der Waals surface area contributed by atoms with Gasteiger partial charge < -0.3 is 10.5 Å². The van der Waals surface area contributed by atoms with E-state index in [2.05, 4.69) is 14.7 Å². The number of nitrogen functional groups attached to an aromatic ring is 1. The predicted octanol–water partition coefficient (Wildman–Crippen LogP) is 4.85. The summed E-state index contributed by atoms with van der Waals surface area (Å²) in [5.74, 6) is -0.425. The number of fused-ring (bicyclic) bond motifs is 1. The molecule has 1 aliphatic rings. The van der Waals surface area contributed by atoms with E-state index >= 15 is 0 Å². The highest BCUT2D eigenvalue weighted by atomic mass is 19.4. The molecule has 1 aromatic heterocycles. The van der Waals surface area contributed by atoms with Crippen LogP contribution < -0.4 is 10.5 Å². The number of carbonyl (C=O) groups is 1. The first-order chi connectivity index (χ1) is 14.2. The van der Waals surface area contributed by atoms with Crippen LogP contribution in [0.5, 0.6) is 5.75 Å². The molecule has 8 heteroatoms. The molecule has 1 atom stereocenters. The fourth-order valence-electron chi connectivity index (χ4n) is 3.99. The highest BCUT2D eigenvalue weighted by Crippen LogP contribution is 2.39. The highest BCUT2D eigenvalue weighted by Gasteiger charge is 2.32. The molecule has 0 spiro atoms. The summed E-state index contributed by atoms with van der Waals surface area (Å²) in [7, 11) is 0. The minimum Gasteiger partial charge on any atom is -0.406 e. The molecule has 4 rings (SSSR count). The number of anilines is 1. The first kappa shape index (κ1) is 19.9. The van der Waals surface area contributed by atoms with Crippen molar-refractivity contribution in [1.29, 1.82) is 0 Å². The zero-order chi connectivity index (χ0) is 21.5. The molecular weight excluding hydrogens is 395 g/mol. The monoisotopic (exact) mass is 413 g/mol. The van der Waals surface area contributed by atoms with Crippen molar-refractivity contribution < 1.29 is 22.7 Å². The van der Waals surface area contributed by atoms with E-state index < -0.39 is 6.36 Å². The van der Waals surface area contributed by atoms with Crippen molar-refractivity contribution in [3.05, 3.63) is 71.0 Å². The molecule has 30 heavy (non-hydrogen) atoms. The van der Waals surface area contributed by atoms with Gasteiger partial charge in [0.15, 0.2) is 5.78 Å². The lowest BCUT2D eigenvalue weighted by Crippen LogP contribution is -2.23. The fourth-order valence-corrected chi connectivity index (χ4v) is 3.99. The first-order valence-electron chi connectivity index (χ1n) is 9.32. The largest absolute Gasteiger partial charge is 0.573 e. The Morgan fingerprint density at radius 2 is 1.83 bits per heavy atom. The van der Waals surface area contributed by atoms with Gasteiger partial charge in [-0.15, -0.1) is 13.2 Å². The normalized spacial score (nSPS) is 16.3. The summed E-state index contributed by atoms with van der Waals surface area (Å²) in [4.78, 5) is 21.1. The van der Waals surface area contributed by atoms with Crippen LogP contribution in [0, 0.1) is 6.92 Å². The summed E-state index contributed by atoms with van der Waals surface area (Å²) >= 11 is 0. The van der Waals surface area contributed by atoms with Crippen molar-refractivity contribution in [1.82, 2.24) is 9.97 Å². The third-order valence-electron chi connectivity index (χ3n) is 5.11. The van der Waals surface area contributed by atoms with Gasteiger partial charge in [0.05, 0.1) is 17.0 Å². The molecule has 0 aliphatic heterocycles. The maximum absolute atomic E-state index is 12.8. The fraction of sp³-hybridized carbons (Fsp3) is 0.227. The average molecular weight is 413 g/mol. The summed E-state index contributed by atoms with van der Waals surface area (Å²) in [5, 5.41) is 0. The summed E-state index contributed by atoms with van der Waals surface area (Å²) in [6, 6.07) is 13.2. The van der Waals surface area contributed by atoms with E-state index in [1.807, 2.05) is 18.2 Å². The number of carbonyl (C=O) groups excluding carboxylic acids is 1. The molecule has 0 radical (unpaired) electrons. The van der Waals surface area contributed by atoms with Crippen LogP contribution in [0.3, 0.4) is 0 Å². The number of nitrogens with two attached hydrogens (primary N) is 1. The highest BCUT2D eigenvalue weighted by molar-refractivity contribution is 6.00. The number of hydrogen-bond donors (Lipinski definition) is 1. The number of ketones is 1. The molecule has 1 aliphatic carbocycles. The molecule has 2 aromatic carbocycles. The molecule has 0 saturated carbocycles. The average Bonchev–Trinajstić information content (AvgIpc) is 2.66. The SMILES string of the molecule is Cc1nc(N)nc2c1C(=O)CC(c1ccccc1-c1cccc(OC(F)(F)F)c1)C2. The van der Waals surface area contributed by atoms with Gasteiger partial charge in [-0.3, -0.25) is 4.79 Å². The summed E-state index contributed by atoms with van der Waals surface area (Å²) in [6.45, 7) is 1.73. The molecule has 2 N–H and O–H groups in total. The van der Waals surface area contributed by atoms with E-state index in [0.29, 0.717) is 28.9 Å². The van der Waals surface area contributed by atoms with Crippen molar-refractivity contribution in [2.45, 2.75) is 32.0 Å². The first-order valence-corrected chi connectivity index (χ1v) is 9.32. The number of benzene rings is 2. The van der Waals surface area contributed by atoms with Crippen LogP contribution in [0.15, 0.2) is 48.5 Å². The smallest absolute Gasteiger partial charge is 0.406 e. The molecule has 0 saturated heterocycles.